The smallest absolute Gasteiger partial charge is 0.338 e. The number of allylic oxidation sites excluding steroid dienone is 1. The van der Waals surface area contributed by atoms with Crippen LogP contribution in [0, 0.1) is 40.9 Å². The minimum atomic E-state index is -2.15. The third kappa shape index (κ3) is 2.32. The zero-order valence-corrected chi connectivity index (χ0v) is 19.9. The molecule has 0 radical (unpaired) electrons. The predicted octanol–water partition coefficient (Wildman–Crippen LogP) is 3.35. The first kappa shape index (κ1) is 22.2. The van der Waals surface area contributed by atoms with Gasteiger partial charge in [-0.05, 0) is 55.2 Å². The number of hydrogen-bond donors (Lipinski definition) is 2. The molecular formula is C28H32O6. The molecule has 0 amide bonds. The second-order valence-electron chi connectivity index (χ2n) is 11.8. The highest BCUT2D eigenvalue weighted by Gasteiger charge is 2.86. The molecule has 2 N–H and O–H groups in total. The molecule has 2 aliphatic heterocycles. The van der Waals surface area contributed by atoms with Gasteiger partial charge in [0.2, 0.25) is 5.79 Å². The van der Waals surface area contributed by atoms with Crippen molar-refractivity contribution in [1.29, 1.82) is 0 Å². The fourth-order valence-corrected chi connectivity index (χ4v) is 8.50. The van der Waals surface area contributed by atoms with Crippen LogP contribution in [0.15, 0.2) is 48.6 Å². The van der Waals surface area contributed by atoms with Crippen molar-refractivity contribution in [2.75, 3.05) is 6.61 Å². The van der Waals surface area contributed by atoms with Crippen molar-refractivity contribution in [1.82, 2.24) is 0 Å². The molecule has 0 aromatic heterocycles. The summed E-state index contributed by atoms with van der Waals surface area (Å²) in [4.78, 5) is 27.3. The van der Waals surface area contributed by atoms with Gasteiger partial charge in [0.25, 0.3) is 0 Å². The Morgan fingerprint density at radius 2 is 2.03 bits per heavy atom. The van der Waals surface area contributed by atoms with E-state index in [0.29, 0.717) is 24.0 Å². The van der Waals surface area contributed by atoms with E-state index >= 15 is 0 Å². The molecule has 6 nitrogen and oxygen atoms in total. The van der Waals surface area contributed by atoms with E-state index in [9.17, 15) is 19.8 Å². The van der Waals surface area contributed by atoms with Gasteiger partial charge in [-0.1, -0.05) is 50.3 Å². The number of ether oxygens (including phenoxy) is 2. The van der Waals surface area contributed by atoms with E-state index in [-0.39, 0.29) is 29.6 Å². The molecule has 2 heterocycles. The number of benzene rings is 1. The Balaban J connectivity index is 1.53. The van der Waals surface area contributed by atoms with Crippen LogP contribution in [-0.4, -0.2) is 46.6 Å². The number of carbonyl (C=O) groups excluding carboxylic acids is 2. The normalized spacial score (nSPS) is 45.6. The molecule has 7 rings (SSSR count). The van der Waals surface area contributed by atoms with Gasteiger partial charge in [-0.2, -0.15) is 0 Å². The molecule has 0 unspecified atom stereocenters. The van der Waals surface area contributed by atoms with Gasteiger partial charge in [0, 0.05) is 17.3 Å². The largest absolute Gasteiger partial charge is 0.457 e. The Labute approximate surface area is 199 Å². The van der Waals surface area contributed by atoms with E-state index < -0.39 is 40.7 Å². The third-order valence-corrected chi connectivity index (χ3v) is 9.73. The van der Waals surface area contributed by atoms with Gasteiger partial charge in [-0.15, -0.1) is 0 Å². The molecule has 5 fully saturated rings. The van der Waals surface area contributed by atoms with Crippen molar-refractivity contribution in [3.8, 4) is 0 Å². The minimum Gasteiger partial charge on any atom is -0.457 e. The highest BCUT2D eigenvalue weighted by atomic mass is 16.6. The van der Waals surface area contributed by atoms with Gasteiger partial charge < -0.3 is 19.7 Å². The highest BCUT2D eigenvalue weighted by molar-refractivity contribution is 6.05. The standard InChI is InChI=1S/C28H32O6/c1-15-7-5-8-17(13-15)24(31)34-23-18-9-10-19-26-12-6-11-25(3,4)20(26)22(30)28(32,33-14-26)27(19,23)21(29)16(18)2/h5-8,12-13,18-20,22-23,30,32H,2,9-11,14H2,1,3-4H3/t18-,19-,20+,22-,23+,26+,27-,28-/m0/s1. The van der Waals surface area contributed by atoms with E-state index in [1.165, 1.54) is 0 Å². The topological polar surface area (TPSA) is 93.1 Å². The van der Waals surface area contributed by atoms with Gasteiger partial charge in [-0.3, -0.25) is 4.79 Å². The maximum Gasteiger partial charge on any atom is 0.338 e. The van der Waals surface area contributed by atoms with Crippen molar-refractivity contribution < 1.29 is 29.3 Å². The number of aliphatic hydroxyl groups excluding tert-OH is 1. The van der Waals surface area contributed by atoms with Crippen LogP contribution >= 0.6 is 0 Å². The van der Waals surface area contributed by atoms with Crippen LogP contribution in [-0.2, 0) is 14.3 Å². The van der Waals surface area contributed by atoms with Crippen LogP contribution in [0.2, 0.25) is 0 Å². The Hall–Kier alpha value is -2.28. The summed E-state index contributed by atoms with van der Waals surface area (Å²) in [7, 11) is 0. The SMILES string of the molecule is C=C1C(=O)[C@]23[C@H](OC(=O)c4cccc(C)c4)[C@H]1CC[C@H]2[C@]12C=CCC(C)(C)[C@H]1[C@H](O)[C@]3(O)OC2. The van der Waals surface area contributed by atoms with Gasteiger partial charge in [0.15, 0.2) is 5.78 Å². The van der Waals surface area contributed by atoms with Crippen LogP contribution < -0.4 is 0 Å². The minimum absolute atomic E-state index is 0.223. The Kier molecular flexibility index (Phi) is 4.36. The maximum atomic E-state index is 14.0. The molecule has 2 saturated heterocycles. The van der Waals surface area contributed by atoms with Crippen LogP contribution in [0.3, 0.4) is 0 Å². The summed E-state index contributed by atoms with van der Waals surface area (Å²) in [5.41, 5.74) is -0.850. The fourth-order valence-electron chi connectivity index (χ4n) is 8.50. The quantitative estimate of drug-likeness (QED) is 0.396. The molecule has 3 saturated carbocycles. The Bertz CT molecular complexity index is 1150. The number of aliphatic hydroxyl groups is 2. The molecule has 1 aromatic rings. The summed E-state index contributed by atoms with van der Waals surface area (Å²) < 4.78 is 12.2. The molecule has 180 valence electrons. The van der Waals surface area contributed by atoms with E-state index in [2.05, 4.69) is 32.6 Å². The summed E-state index contributed by atoms with van der Waals surface area (Å²) in [5, 5.41) is 23.9. The van der Waals surface area contributed by atoms with Crippen molar-refractivity contribution in [3.05, 3.63) is 59.7 Å². The van der Waals surface area contributed by atoms with E-state index in [1.807, 2.05) is 13.0 Å². The fraction of sp³-hybridized carbons (Fsp3) is 0.571. The molecule has 34 heavy (non-hydrogen) atoms. The third-order valence-electron chi connectivity index (χ3n) is 9.73. The molecule has 4 bridgehead atoms. The van der Waals surface area contributed by atoms with Crippen molar-refractivity contribution in [2.45, 2.75) is 58.0 Å². The molecular weight excluding hydrogens is 432 g/mol. The number of carbonyl (C=O) groups is 2. The second kappa shape index (κ2) is 6.68. The van der Waals surface area contributed by atoms with Crippen molar-refractivity contribution in [2.24, 2.45) is 34.0 Å². The lowest BCUT2D eigenvalue weighted by Crippen LogP contribution is -2.83. The number of ketones is 1. The first-order chi connectivity index (χ1) is 16.0. The lowest BCUT2D eigenvalue weighted by Gasteiger charge is -2.72. The number of esters is 1. The molecule has 6 heteroatoms. The van der Waals surface area contributed by atoms with Crippen LogP contribution in [0.25, 0.3) is 0 Å². The number of aryl methyl sites for hydroxylation is 1. The first-order valence-corrected chi connectivity index (χ1v) is 12.2. The van der Waals surface area contributed by atoms with Gasteiger partial charge in [0.1, 0.15) is 17.6 Å². The summed E-state index contributed by atoms with van der Waals surface area (Å²) in [6.45, 7) is 10.4. The van der Waals surface area contributed by atoms with E-state index in [1.54, 1.807) is 18.2 Å². The van der Waals surface area contributed by atoms with E-state index in [0.717, 1.165) is 12.0 Å². The van der Waals surface area contributed by atoms with Crippen LogP contribution in [0.5, 0.6) is 0 Å². The lowest BCUT2D eigenvalue weighted by atomic mass is 9.37. The first-order valence-electron chi connectivity index (χ1n) is 12.2. The lowest BCUT2D eigenvalue weighted by molar-refractivity contribution is -0.436. The molecule has 6 aliphatic rings. The zero-order valence-electron chi connectivity index (χ0n) is 19.9. The number of fused-ring (bicyclic) bond motifs is 2. The van der Waals surface area contributed by atoms with Crippen LogP contribution in [0.1, 0.15) is 49.0 Å². The number of rotatable bonds is 2. The molecule has 2 spiro atoms. The van der Waals surface area contributed by atoms with Crippen LogP contribution in [0.4, 0.5) is 0 Å². The molecule has 1 aromatic carbocycles. The summed E-state index contributed by atoms with van der Waals surface area (Å²) in [6, 6.07) is 7.10. The zero-order chi connectivity index (χ0) is 24.3. The summed E-state index contributed by atoms with van der Waals surface area (Å²) >= 11 is 0. The van der Waals surface area contributed by atoms with Gasteiger partial charge >= 0.3 is 5.97 Å². The number of Topliss-reactive ketones (excluding diaryl/α,β-unsaturated/α-hetero) is 1. The van der Waals surface area contributed by atoms with E-state index in [4.69, 9.17) is 9.47 Å². The highest BCUT2D eigenvalue weighted by Crippen LogP contribution is 2.75. The Morgan fingerprint density at radius 3 is 2.76 bits per heavy atom. The average molecular weight is 465 g/mol. The maximum absolute atomic E-state index is 14.0. The summed E-state index contributed by atoms with van der Waals surface area (Å²) in [5.74, 6) is -4.06. The Morgan fingerprint density at radius 1 is 1.26 bits per heavy atom. The van der Waals surface area contributed by atoms with Gasteiger partial charge in [-0.25, -0.2) is 4.79 Å². The molecule has 4 aliphatic carbocycles. The average Bonchev–Trinajstić information content (AvgIpc) is 2.90. The number of hydrogen-bond acceptors (Lipinski definition) is 6. The second-order valence-corrected chi connectivity index (χ2v) is 11.8. The predicted molar refractivity (Wildman–Crippen MR) is 124 cm³/mol. The van der Waals surface area contributed by atoms with Gasteiger partial charge in [0.05, 0.1) is 12.2 Å². The molecule has 8 atom stereocenters. The summed E-state index contributed by atoms with van der Waals surface area (Å²) in [6.07, 6.45) is 4.04. The van der Waals surface area contributed by atoms with Crippen molar-refractivity contribution in [3.63, 3.8) is 0 Å². The monoisotopic (exact) mass is 464 g/mol. The van der Waals surface area contributed by atoms with Crippen molar-refractivity contribution >= 4 is 11.8 Å².